The molecule has 1 saturated heterocycles. The van der Waals surface area contributed by atoms with Crippen molar-refractivity contribution in [1.29, 1.82) is 0 Å². The lowest BCUT2D eigenvalue weighted by Crippen LogP contribution is -2.33. The number of nitrogens with two attached hydrogens (primary N) is 1. The Morgan fingerprint density at radius 2 is 2.11 bits per heavy atom. The molecule has 0 bridgehead atoms. The maximum absolute atomic E-state index is 5.75. The minimum absolute atomic E-state index is 0.151. The molecule has 0 saturated carbocycles. The highest BCUT2D eigenvalue weighted by atomic mass is 16.5. The maximum Gasteiger partial charge on any atom is 0.137 e. The van der Waals surface area contributed by atoms with Crippen LogP contribution in [0.15, 0.2) is 18.3 Å². The minimum atomic E-state index is 0.151. The second kappa shape index (κ2) is 7.46. The number of hydrogen-bond acceptors (Lipinski definition) is 4. The lowest BCUT2D eigenvalue weighted by atomic mass is 10.1. The van der Waals surface area contributed by atoms with Crippen LogP contribution in [0.2, 0.25) is 0 Å². The van der Waals surface area contributed by atoms with Crippen molar-refractivity contribution in [2.24, 2.45) is 5.73 Å². The highest BCUT2D eigenvalue weighted by molar-refractivity contribution is 5.20. The fraction of sp³-hybridized carbons (Fsp3) is 0.667. The zero-order chi connectivity index (χ0) is 13.5. The van der Waals surface area contributed by atoms with E-state index in [0.29, 0.717) is 0 Å². The lowest BCUT2D eigenvalue weighted by molar-refractivity contribution is 0.183. The topological polar surface area (TPSA) is 51.4 Å². The van der Waals surface area contributed by atoms with E-state index in [2.05, 4.69) is 9.88 Å². The molecule has 1 aromatic heterocycles. The number of ether oxygens (including phenoxy) is 1. The zero-order valence-electron chi connectivity index (χ0n) is 11.8. The molecular formula is C15H25N3O. The maximum atomic E-state index is 5.75. The van der Waals surface area contributed by atoms with E-state index in [1.54, 1.807) is 6.20 Å². The monoisotopic (exact) mass is 263 g/mol. The van der Waals surface area contributed by atoms with Gasteiger partial charge in [-0.1, -0.05) is 6.42 Å². The first kappa shape index (κ1) is 14.3. The first-order valence-electron chi connectivity index (χ1n) is 7.30. The van der Waals surface area contributed by atoms with Gasteiger partial charge in [0, 0.05) is 24.7 Å². The summed E-state index contributed by atoms with van der Waals surface area (Å²) in [5.74, 6) is 0.852. The van der Waals surface area contributed by atoms with Crippen molar-refractivity contribution in [3.63, 3.8) is 0 Å². The van der Waals surface area contributed by atoms with Crippen molar-refractivity contribution in [2.45, 2.75) is 38.6 Å². The predicted molar refractivity (Wildman–Crippen MR) is 77.4 cm³/mol. The molecule has 1 aromatic rings. The molecule has 1 atom stereocenters. The molecule has 1 unspecified atom stereocenters. The number of rotatable bonds is 6. The molecular weight excluding hydrogens is 238 g/mol. The number of hydrogen-bond donors (Lipinski definition) is 1. The molecule has 0 aliphatic carbocycles. The molecule has 1 fully saturated rings. The summed E-state index contributed by atoms with van der Waals surface area (Å²) in [6.45, 7) is 6.19. The summed E-state index contributed by atoms with van der Waals surface area (Å²) in [7, 11) is 0. The Labute approximate surface area is 116 Å². The van der Waals surface area contributed by atoms with Gasteiger partial charge < -0.3 is 10.5 Å². The van der Waals surface area contributed by atoms with Crippen LogP contribution >= 0.6 is 0 Å². The Hall–Kier alpha value is -1.13. The van der Waals surface area contributed by atoms with E-state index in [1.807, 2.05) is 19.1 Å². The molecule has 2 heterocycles. The molecule has 4 heteroatoms. The standard InChI is InChI=1S/C15H25N3O/c1-13(16)11-14-5-6-15(12-17-14)19-10-9-18-7-3-2-4-8-18/h5-6,12-13H,2-4,7-11,16H2,1H3. The highest BCUT2D eigenvalue weighted by Gasteiger charge is 2.09. The van der Waals surface area contributed by atoms with E-state index in [9.17, 15) is 0 Å². The SMILES string of the molecule is CC(N)Cc1ccc(OCCN2CCCCC2)cn1. The summed E-state index contributed by atoms with van der Waals surface area (Å²) >= 11 is 0. The Morgan fingerprint density at radius 3 is 2.74 bits per heavy atom. The minimum Gasteiger partial charge on any atom is -0.491 e. The molecule has 4 nitrogen and oxygen atoms in total. The van der Waals surface area contributed by atoms with E-state index in [-0.39, 0.29) is 6.04 Å². The van der Waals surface area contributed by atoms with E-state index in [0.717, 1.165) is 31.0 Å². The van der Waals surface area contributed by atoms with Crippen LogP contribution in [0.1, 0.15) is 31.9 Å². The fourth-order valence-electron chi connectivity index (χ4n) is 2.42. The summed E-state index contributed by atoms with van der Waals surface area (Å²) in [5, 5.41) is 0. The summed E-state index contributed by atoms with van der Waals surface area (Å²) in [5.41, 5.74) is 6.77. The first-order chi connectivity index (χ1) is 9.24. The summed E-state index contributed by atoms with van der Waals surface area (Å²) in [4.78, 5) is 6.84. The largest absolute Gasteiger partial charge is 0.491 e. The zero-order valence-corrected chi connectivity index (χ0v) is 11.8. The number of likely N-dealkylation sites (tertiary alicyclic amines) is 1. The highest BCUT2D eigenvalue weighted by Crippen LogP contribution is 2.11. The van der Waals surface area contributed by atoms with Crippen LogP contribution in [0.3, 0.4) is 0 Å². The van der Waals surface area contributed by atoms with Crippen molar-refractivity contribution in [2.75, 3.05) is 26.2 Å². The van der Waals surface area contributed by atoms with Crippen LogP contribution in [-0.2, 0) is 6.42 Å². The van der Waals surface area contributed by atoms with Crippen molar-refractivity contribution in [3.05, 3.63) is 24.0 Å². The van der Waals surface area contributed by atoms with Crippen LogP contribution < -0.4 is 10.5 Å². The van der Waals surface area contributed by atoms with Gasteiger partial charge in [-0.2, -0.15) is 0 Å². The van der Waals surface area contributed by atoms with Crippen molar-refractivity contribution in [3.8, 4) is 5.75 Å². The molecule has 2 rings (SSSR count). The van der Waals surface area contributed by atoms with Gasteiger partial charge in [0.05, 0.1) is 6.20 Å². The second-order valence-electron chi connectivity index (χ2n) is 5.42. The molecule has 1 aliphatic rings. The number of piperidine rings is 1. The van der Waals surface area contributed by atoms with E-state index >= 15 is 0 Å². The van der Waals surface area contributed by atoms with Gasteiger partial charge in [0.2, 0.25) is 0 Å². The average Bonchev–Trinajstić information content (AvgIpc) is 2.41. The predicted octanol–water partition coefficient (Wildman–Crippen LogP) is 1.84. The van der Waals surface area contributed by atoms with Gasteiger partial charge in [-0.15, -0.1) is 0 Å². The summed E-state index contributed by atoms with van der Waals surface area (Å²) in [6.07, 6.45) is 6.64. The molecule has 106 valence electrons. The smallest absolute Gasteiger partial charge is 0.137 e. The third-order valence-electron chi connectivity index (χ3n) is 3.45. The van der Waals surface area contributed by atoms with Crippen LogP contribution in [0.5, 0.6) is 5.75 Å². The van der Waals surface area contributed by atoms with Crippen LogP contribution in [0.25, 0.3) is 0 Å². The van der Waals surface area contributed by atoms with E-state index in [1.165, 1.54) is 32.4 Å². The molecule has 0 aromatic carbocycles. The van der Waals surface area contributed by atoms with Crippen LogP contribution in [-0.4, -0.2) is 42.2 Å². The van der Waals surface area contributed by atoms with Crippen molar-refractivity contribution < 1.29 is 4.74 Å². The normalized spacial score (nSPS) is 18.2. The Kier molecular flexibility index (Phi) is 5.61. The molecule has 19 heavy (non-hydrogen) atoms. The number of nitrogens with zero attached hydrogens (tertiary/aromatic N) is 2. The molecule has 1 aliphatic heterocycles. The van der Waals surface area contributed by atoms with Gasteiger partial charge in [-0.25, -0.2) is 0 Å². The van der Waals surface area contributed by atoms with Gasteiger partial charge >= 0.3 is 0 Å². The molecule has 2 N–H and O–H groups in total. The summed E-state index contributed by atoms with van der Waals surface area (Å²) < 4.78 is 5.73. The lowest BCUT2D eigenvalue weighted by Gasteiger charge is -2.26. The number of aromatic nitrogens is 1. The van der Waals surface area contributed by atoms with Crippen molar-refractivity contribution in [1.82, 2.24) is 9.88 Å². The van der Waals surface area contributed by atoms with Crippen molar-refractivity contribution >= 4 is 0 Å². The quantitative estimate of drug-likeness (QED) is 0.851. The Balaban J connectivity index is 1.70. The molecule has 0 amide bonds. The Bertz CT molecular complexity index is 358. The third-order valence-corrected chi connectivity index (χ3v) is 3.45. The molecule has 0 radical (unpaired) electrons. The van der Waals surface area contributed by atoms with E-state index < -0.39 is 0 Å². The third kappa shape index (κ3) is 5.17. The first-order valence-corrected chi connectivity index (χ1v) is 7.30. The van der Waals surface area contributed by atoms with Crippen LogP contribution in [0.4, 0.5) is 0 Å². The molecule has 0 spiro atoms. The van der Waals surface area contributed by atoms with Gasteiger partial charge in [0.15, 0.2) is 0 Å². The summed E-state index contributed by atoms with van der Waals surface area (Å²) in [6, 6.07) is 4.14. The van der Waals surface area contributed by atoms with E-state index in [4.69, 9.17) is 10.5 Å². The van der Waals surface area contributed by atoms with Gasteiger partial charge in [-0.05, 0) is 45.0 Å². The fourth-order valence-corrected chi connectivity index (χ4v) is 2.42. The second-order valence-corrected chi connectivity index (χ2v) is 5.42. The van der Waals surface area contributed by atoms with Gasteiger partial charge in [0.25, 0.3) is 0 Å². The van der Waals surface area contributed by atoms with Gasteiger partial charge in [-0.3, -0.25) is 9.88 Å². The average molecular weight is 263 g/mol. The number of pyridine rings is 1. The Morgan fingerprint density at radius 1 is 1.32 bits per heavy atom. The van der Waals surface area contributed by atoms with Gasteiger partial charge in [0.1, 0.15) is 12.4 Å². The van der Waals surface area contributed by atoms with Crippen LogP contribution in [0, 0.1) is 0 Å².